The minimum absolute atomic E-state index is 0.00819. The summed E-state index contributed by atoms with van der Waals surface area (Å²) in [6, 6.07) is 9.72. The summed E-state index contributed by atoms with van der Waals surface area (Å²) in [5.74, 6) is 0.860. The summed E-state index contributed by atoms with van der Waals surface area (Å²) in [5.41, 5.74) is 0. The molecule has 14 heavy (non-hydrogen) atoms. The molecule has 1 aromatic rings. The number of aliphatic hydroxyl groups is 1. The maximum atomic E-state index is 9.71. The van der Waals surface area contributed by atoms with Crippen LogP contribution >= 0.6 is 0 Å². The van der Waals surface area contributed by atoms with E-state index < -0.39 is 0 Å². The second-order valence-electron chi connectivity index (χ2n) is 3.82. The van der Waals surface area contributed by atoms with Gasteiger partial charge in [-0.15, -0.1) is 0 Å². The minimum atomic E-state index is -0.288. The van der Waals surface area contributed by atoms with Crippen LogP contribution in [0.3, 0.4) is 0 Å². The SMILES string of the molecule is O[C@@H]1CCCC[C@@H]1Oc1ccccc1. The van der Waals surface area contributed by atoms with E-state index in [9.17, 15) is 5.11 Å². The molecular formula is C12H16O2. The predicted molar refractivity (Wildman–Crippen MR) is 55.3 cm³/mol. The van der Waals surface area contributed by atoms with Gasteiger partial charge < -0.3 is 9.84 Å². The van der Waals surface area contributed by atoms with Crippen LogP contribution in [0.2, 0.25) is 0 Å². The zero-order valence-electron chi connectivity index (χ0n) is 8.23. The molecule has 0 bridgehead atoms. The summed E-state index contributed by atoms with van der Waals surface area (Å²) >= 11 is 0. The lowest BCUT2D eigenvalue weighted by molar-refractivity contribution is 0.00688. The standard InChI is InChI=1S/C12H16O2/c13-11-8-4-5-9-12(11)14-10-6-2-1-3-7-10/h1-3,6-7,11-13H,4-5,8-9H2/t11-,12+/m1/s1. The number of hydrogen-bond donors (Lipinski definition) is 1. The smallest absolute Gasteiger partial charge is 0.124 e. The molecule has 1 saturated carbocycles. The first-order valence-corrected chi connectivity index (χ1v) is 5.26. The molecule has 0 spiro atoms. The van der Waals surface area contributed by atoms with Crippen molar-refractivity contribution in [3.63, 3.8) is 0 Å². The Labute approximate surface area is 84.5 Å². The zero-order chi connectivity index (χ0) is 9.80. The lowest BCUT2D eigenvalue weighted by Crippen LogP contribution is -2.34. The van der Waals surface area contributed by atoms with Gasteiger partial charge in [-0.25, -0.2) is 0 Å². The molecule has 0 heterocycles. The molecule has 0 amide bonds. The van der Waals surface area contributed by atoms with Crippen LogP contribution in [0, 0.1) is 0 Å². The van der Waals surface area contributed by atoms with Gasteiger partial charge in [0.1, 0.15) is 11.9 Å². The Hall–Kier alpha value is -1.02. The molecule has 0 unspecified atom stereocenters. The topological polar surface area (TPSA) is 29.5 Å². The van der Waals surface area contributed by atoms with Crippen molar-refractivity contribution in [2.24, 2.45) is 0 Å². The summed E-state index contributed by atoms with van der Waals surface area (Å²) in [6.45, 7) is 0. The molecule has 2 heteroatoms. The normalized spacial score (nSPS) is 27.2. The van der Waals surface area contributed by atoms with Crippen LogP contribution in [0.25, 0.3) is 0 Å². The molecule has 1 N–H and O–H groups in total. The molecule has 2 atom stereocenters. The largest absolute Gasteiger partial charge is 0.488 e. The van der Waals surface area contributed by atoms with Crippen molar-refractivity contribution in [2.45, 2.75) is 37.9 Å². The van der Waals surface area contributed by atoms with Crippen molar-refractivity contribution in [2.75, 3.05) is 0 Å². The molecule has 1 aliphatic rings. The van der Waals surface area contributed by atoms with Gasteiger partial charge in [0.05, 0.1) is 6.10 Å². The van der Waals surface area contributed by atoms with E-state index in [1.807, 2.05) is 30.3 Å². The third-order valence-corrected chi connectivity index (χ3v) is 2.70. The number of benzene rings is 1. The van der Waals surface area contributed by atoms with Gasteiger partial charge in [0, 0.05) is 0 Å². The average Bonchev–Trinajstić information content (AvgIpc) is 2.23. The maximum absolute atomic E-state index is 9.71. The number of aliphatic hydroxyl groups excluding tert-OH is 1. The van der Waals surface area contributed by atoms with Crippen molar-refractivity contribution in [3.8, 4) is 5.75 Å². The number of para-hydroxylation sites is 1. The summed E-state index contributed by atoms with van der Waals surface area (Å²) < 4.78 is 5.72. The molecule has 1 aromatic carbocycles. The Morgan fingerprint density at radius 3 is 2.50 bits per heavy atom. The highest BCUT2D eigenvalue weighted by Gasteiger charge is 2.24. The quantitative estimate of drug-likeness (QED) is 0.779. The highest BCUT2D eigenvalue weighted by Crippen LogP contribution is 2.23. The number of rotatable bonds is 2. The van der Waals surface area contributed by atoms with Crippen LogP contribution < -0.4 is 4.74 Å². The van der Waals surface area contributed by atoms with Crippen LogP contribution in [0.1, 0.15) is 25.7 Å². The van der Waals surface area contributed by atoms with Gasteiger partial charge in [0.2, 0.25) is 0 Å². The fraction of sp³-hybridized carbons (Fsp3) is 0.500. The molecule has 76 valence electrons. The average molecular weight is 192 g/mol. The molecule has 0 saturated heterocycles. The lowest BCUT2D eigenvalue weighted by Gasteiger charge is -2.28. The van der Waals surface area contributed by atoms with Gasteiger partial charge in [-0.05, 0) is 31.4 Å². The van der Waals surface area contributed by atoms with E-state index in [1.165, 1.54) is 0 Å². The number of hydrogen-bond acceptors (Lipinski definition) is 2. The third-order valence-electron chi connectivity index (χ3n) is 2.70. The predicted octanol–water partition coefficient (Wildman–Crippen LogP) is 2.37. The Balaban J connectivity index is 1.96. The molecule has 2 nitrogen and oxygen atoms in total. The van der Waals surface area contributed by atoms with Crippen LogP contribution in [0.4, 0.5) is 0 Å². The van der Waals surface area contributed by atoms with Crippen molar-refractivity contribution in [3.05, 3.63) is 30.3 Å². The van der Waals surface area contributed by atoms with Crippen LogP contribution in [0.5, 0.6) is 5.75 Å². The van der Waals surface area contributed by atoms with Gasteiger partial charge in [-0.3, -0.25) is 0 Å². The molecule has 0 aliphatic heterocycles. The van der Waals surface area contributed by atoms with Gasteiger partial charge in [0.15, 0.2) is 0 Å². The van der Waals surface area contributed by atoms with Crippen LogP contribution in [0.15, 0.2) is 30.3 Å². The second-order valence-corrected chi connectivity index (χ2v) is 3.82. The van der Waals surface area contributed by atoms with Gasteiger partial charge in [-0.2, -0.15) is 0 Å². The second kappa shape index (κ2) is 4.47. The molecule has 1 aliphatic carbocycles. The molecule has 0 radical (unpaired) electrons. The minimum Gasteiger partial charge on any atom is -0.488 e. The Bertz CT molecular complexity index is 271. The van der Waals surface area contributed by atoms with Crippen molar-refractivity contribution < 1.29 is 9.84 Å². The van der Waals surface area contributed by atoms with E-state index in [-0.39, 0.29) is 12.2 Å². The van der Waals surface area contributed by atoms with E-state index in [4.69, 9.17) is 4.74 Å². The van der Waals surface area contributed by atoms with E-state index in [0.717, 1.165) is 31.4 Å². The van der Waals surface area contributed by atoms with Crippen molar-refractivity contribution in [1.29, 1.82) is 0 Å². The van der Waals surface area contributed by atoms with Crippen LogP contribution in [-0.2, 0) is 0 Å². The Kier molecular flexibility index (Phi) is 3.04. The summed E-state index contributed by atoms with van der Waals surface area (Å²) in [4.78, 5) is 0. The fourth-order valence-electron chi connectivity index (χ4n) is 1.89. The van der Waals surface area contributed by atoms with E-state index in [2.05, 4.69) is 0 Å². The van der Waals surface area contributed by atoms with Gasteiger partial charge >= 0.3 is 0 Å². The third kappa shape index (κ3) is 2.26. The van der Waals surface area contributed by atoms with Crippen LogP contribution in [-0.4, -0.2) is 17.3 Å². The summed E-state index contributed by atoms with van der Waals surface area (Å²) in [7, 11) is 0. The zero-order valence-corrected chi connectivity index (χ0v) is 8.23. The lowest BCUT2D eigenvalue weighted by atomic mass is 9.95. The maximum Gasteiger partial charge on any atom is 0.124 e. The Morgan fingerprint density at radius 2 is 1.79 bits per heavy atom. The monoisotopic (exact) mass is 192 g/mol. The van der Waals surface area contributed by atoms with Gasteiger partial charge in [-0.1, -0.05) is 24.6 Å². The van der Waals surface area contributed by atoms with E-state index in [1.54, 1.807) is 0 Å². The van der Waals surface area contributed by atoms with Crippen molar-refractivity contribution in [1.82, 2.24) is 0 Å². The first-order chi connectivity index (χ1) is 6.86. The first kappa shape index (κ1) is 9.53. The molecular weight excluding hydrogens is 176 g/mol. The van der Waals surface area contributed by atoms with E-state index in [0.29, 0.717) is 0 Å². The van der Waals surface area contributed by atoms with E-state index >= 15 is 0 Å². The highest BCUT2D eigenvalue weighted by atomic mass is 16.5. The molecule has 2 rings (SSSR count). The Morgan fingerprint density at radius 1 is 1.07 bits per heavy atom. The molecule has 0 aromatic heterocycles. The number of ether oxygens (including phenoxy) is 1. The summed E-state index contributed by atoms with van der Waals surface area (Å²) in [6.07, 6.45) is 3.83. The molecule has 1 fully saturated rings. The summed E-state index contributed by atoms with van der Waals surface area (Å²) in [5, 5.41) is 9.71. The van der Waals surface area contributed by atoms with Crippen molar-refractivity contribution >= 4 is 0 Å². The highest BCUT2D eigenvalue weighted by molar-refractivity contribution is 5.21. The van der Waals surface area contributed by atoms with Gasteiger partial charge in [0.25, 0.3) is 0 Å². The fourth-order valence-corrected chi connectivity index (χ4v) is 1.89. The first-order valence-electron chi connectivity index (χ1n) is 5.26.